The molecule has 6 heteroatoms. The van der Waals surface area contributed by atoms with E-state index in [2.05, 4.69) is 5.32 Å². The smallest absolute Gasteiger partial charge is 0.331 e. The summed E-state index contributed by atoms with van der Waals surface area (Å²) in [5, 5.41) is 2.64. The molecular formula is C16H19NO5. The van der Waals surface area contributed by atoms with Gasteiger partial charge in [-0.25, -0.2) is 4.79 Å². The Morgan fingerprint density at radius 2 is 2.00 bits per heavy atom. The van der Waals surface area contributed by atoms with Gasteiger partial charge in [0.25, 0.3) is 5.91 Å². The molecule has 1 aliphatic rings. The zero-order valence-electron chi connectivity index (χ0n) is 12.6. The molecule has 1 heterocycles. The molecule has 0 spiro atoms. The van der Waals surface area contributed by atoms with E-state index in [1.165, 1.54) is 6.08 Å². The minimum absolute atomic E-state index is 0.0134. The summed E-state index contributed by atoms with van der Waals surface area (Å²) in [5.41, 5.74) is 0.785. The first-order chi connectivity index (χ1) is 10.5. The number of hydrogen-bond acceptors (Lipinski definition) is 5. The monoisotopic (exact) mass is 305 g/mol. The lowest BCUT2D eigenvalue weighted by molar-refractivity contribution is -0.143. The molecule has 1 aliphatic heterocycles. The van der Waals surface area contributed by atoms with Crippen molar-refractivity contribution in [3.8, 4) is 11.5 Å². The highest BCUT2D eigenvalue weighted by Gasteiger charge is 2.11. The fraction of sp³-hybridized carbons (Fsp3) is 0.375. The Morgan fingerprint density at radius 1 is 1.27 bits per heavy atom. The van der Waals surface area contributed by atoms with E-state index in [-0.39, 0.29) is 18.6 Å². The number of rotatable bonds is 5. The standard InChI is InChI=1S/C16H19NO5/c1-11(2)17-15(18)10-22-16(19)6-4-12-3-5-13-14(9-12)21-8-7-20-13/h3-6,9,11H,7-8,10H2,1-2H3,(H,17,18)/b6-4+. The van der Waals surface area contributed by atoms with Crippen LogP contribution in [0.1, 0.15) is 19.4 Å². The van der Waals surface area contributed by atoms with Crippen molar-refractivity contribution in [1.29, 1.82) is 0 Å². The molecule has 2 rings (SSSR count). The number of amides is 1. The lowest BCUT2D eigenvalue weighted by Gasteiger charge is -2.18. The van der Waals surface area contributed by atoms with Crippen molar-refractivity contribution in [2.24, 2.45) is 0 Å². The molecule has 1 aromatic rings. The normalized spacial score (nSPS) is 13.2. The molecule has 0 saturated carbocycles. The van der Waals surface area contributed by atoms with E-state index in [0.717, 1.165) is 5.56 Å². The van der Waals surface area contributed by atoms with Crippen molar-refractivity contribution >= 4 is 18.0 Å². The Balaban J connectivity index is 1.86. The largest absolute Gasteiger partial charge is 0.486 e. The number of esters is 1. The van der Waals surface area contributed by atoms with Crippen LogP contribution in [0.25, 0.3) is 6.08 Å². The van der Waals surface area contributed by atoms with Gasteiger partial charge in [-0.05, 0) is 37.6 Å². The first kappa shape index (κ1) is 15.9. The number of fused-ring (bicyclic) bond motifs is 1. The SMILES string of the molecule is CC(C)NC(=O)COC(=O)/C=C/c1ccc2c(c1)OCCO2. The van der Waals surface area contributed by atoms with Gasteiger partial charge in [0.1, 0.15) is 13.2 Å². The molecule has 22 heavy (non-hydrogen) atoms. The second kappa shape index (κ2) is 7.49. The second-order valence-electron chi connectivity index (χ2n) is 5.07. The molecule has 1 amide bonds. The van der Waals surface area contributed by atoms with Gasteiger partial charge >= 0.3 is 5.97 Å². The third-order valence-corrected chi connectivity index (χ3v) is 2.77. The second-order valence-corrected chi connectivity index (χ2v) is 5.07. The van der Waals surface area contributed by atoms with Crippen molar-refractivity contribution in [2.75, 3.05) is 19.8 Å². The van der Waals surface area contributed by atoms with Crippen LogP contribution in [-0.2, 0) is 14.3 Å². The molecule has 0 fully saturated rings. The molecule has 0 radical (unpaired) electrons. The fourth-order valence-electron chi connectivity index (χ4n) is 1.88. The number of carbonyl (C=O) groups excluding carboxylic acids is 2. The maximum Gasteiger partial charge on any atom is 0.331 e. The molecule has 0 atom stereocenters. The van der Waals surface area contributed by atoms with Crippen molar-refractivity contribution in [1.82, 2.24) is 5.32 Å². The van der Waals surface area contributed by atoms with Crippen LogP contribution in [-0.4, -0.2) is 37.7 Å². The Labute approximate surface area is 129 Å². The summed E-state index contributed by atoms with van der Waals surface area (Å²) in [7, 11) is 0. The van der Waals surface area contributed by atoms with Gasteiger partial charge in [0.05, 0.1) is 0 Å². The lowest BCUT2D eigenvalue weighted by Crippen LogP contribution is -2.33. The van der Waals surface area contributed by atoms with Gasteiger partial charge in [0, 0.05) is 12.1 Å². The van der Waals surface area contributed by atoms with Gasteiger partial charge in [0.15, 0.2) is 18.1 Å². The Hall–Kier alpha value is -2.50. The van der Waals surface area contributed by atoms with E-state index in [4.69, 9.17) is 14.2 Å². The molecule has 118 valence electrons. The van der Waals surface area contributed by atoms with Gasteiger partial charge in [-0.15, -0.1) is 0 Å². The molecular weight excluding hydrogens is 286 g/mol. The summed E-state index contributed by atoms with van der Waals surface area (Å²) in [6.45, 7) is 4.42. The molecule has 0 aromatic heterocycles. The number of carbonyl (C=O) groups is 2. The topological polar surface area (TPSA) is 73.9 Å². The first-order valence-electron chi connectivity index (χ1n) is 7.08. The molecule has 1 aromatic carbocycles. The number of hydrogen-bond donors (Lipinski definition) is 1. The third kappa shape index (κ3) is 4.80. The Morgan fingerprint density at radius 3 is 2.73 bits per heavy atom. The van der Waals surface area contributed by atoms with Crippen LogP contribution in [0.4, 0.5) is 0 Å². The average molecular weight is 305 g/mol. The Kier molecular flexibility index (Phi) is 5.41. The predicted octanol–water partition coefficient (Wildman–Crippen LogP) is 1.54. The molecule has 0 unspecified atom stereocenters. The summed E-state index contributed by atoms with van der Waals surface area (Å²) >= 11 is 0. The average Bonchev–Trinajstić information content (AvgIpc) is 2.50. The Bertz CT molecular complexity index is 580. The van der Waals surface area contributed by atoms with Crippen LogP contribution >= 0.6 is 0 Å². The first-order valence-corrected chi connectivity index (χ1v) is 7.08. The van der Waals surface area contributed by atoms with Gasteiger partial charge in [-0.3, -0.25) is 4.79 Å². The van der Waals surface area contributed by atoms with E-state index in [9.17, 15) is 9.59 Å². The van der Waals surface area contributed by atoms with Crippen molar-refractivity contribution < 1.29 is 23.8 Å². The van der Waals surface area contributed by atoms with Crippen LogP contribution in [0, 0.1) is 0 Å². The van der Waals surface area contributed by atoms with Crippen molar-refractivity contribution in [3.05, 3.63) is 29.8 Å². The zero-order valence-corrected chi connectivity index (χ0v) is 12.6. The van der Waals surface area contributed by atoms with Crippen LogP contribution in [0.5, 0.6) is 11.5 Å². The van der Waals surface area contributed by atoms with Crippen molar-refractivity contribution in [2.45, 2.75) is 19.9 Å². The molecule has 0 bridgehead atoms. The molecule has 1 N–H and O–H groups in total. The predicted molar refractivity (Wildman–Crippen MR) is 80.7 cm³/mol. The zero-order chi connectivity index (χ0) is 15.9. The van der Waals surface area contributed by atoms with Crippen molar-refractivity contribution in [3.63, 3.8) is 0 Å². The maximum absolute atomic E-state index is 11.6. The number of ether oxygens (including phenoxy) is 3. The third-order valence-electron chi connectivity index (χ3n) is 2.77. The highest BCUT2D eigenvalue weighted by molar-refractivity contribution is 5.89. The highest BCUT2D eigenvalue weighted by Crippen LogP contribution is 2.31. The number of nitrogens with one attached hydrogen (secondary N) is 1. The van der Waals surface area contributed by atoms with E-state index in [1.807, 2.05) is 19.9 Å². The van der Waals surface area contributed by atoms with Gasteiger partial charge < -0.3 is 19.5 Å². The molecule has 0 aliphatic carbocycles. The van der Waals surface area contributed by atoms with E-state index in [1.54, 1.807) is 18.2 Å². The van der Waals surface area contributed by atoms with E-state index >= 15 is 0 Å². The summed E-state index contributed by atoms with van der Waals surface area (Å²) in [5.74, 6) is 0.444. The van der Waals surface area contributed by atoms with E-state index in [0.29, 0.717) is 24.7 Å². The summed E-state index contributed by atoms with van der Waals surface area (Å²) in [6, 6.07) is 5.39. The quantitative estimate of drug-likeness (QED) is 0.660. The van der Waals surface area contributed by atoms with Crippen LogP contribution in [0.2, 0.25) is 0 Å². The van der Waals surface area contributed by atoms with Crippen LogP contribution < -0.4 is 14.8 Å². The summed E-state index contributed by atoms with van der Waals surface area (Å²) in [4.78, 5) is 22.9. The minimum atomic E-state index is -0.575. The highest BCUT2D eigenvalue weighted by atomic mass is 16.6. The van der Waals surface area contributed by atoms with Gasteiger partial charge in [-0.2, -0.15) is 0 Å². The van der Waals surface area contributed by atoms with Gasteiger partial charge in [-0.1, -0.05) is 6.07 Å². The minimum Gasteiger partial charge on any atom is -0.486 e. The molecule has 0 saturated heterocycles. The fourth-order valence-corrected chi connectivity index (χ4v) is 1.88. The lowest BCUT2D eigenvalue weighted by atomic mass is 10.2. The maximum atomic E-state index is 11.6. The van der Waals surface area contributed by atoms with Crippen LogP contribution in [0.3, 0.4) is 0 Å². The van der Waals surface area contributed by atoms with Gasteiger partial charge in [0.2, 0.25) is 0 Å². The van der Waals surface area contributed by atoms with Crippen LogP contribution in [0.15, 0.2) is 24.3 Å². The number of benzene rings is 1. The molecule has 6 nitrogen and oxygen atoms in total. The summed E-state index contributed by atoms with van der Waals surface area (Å²) < 4.78 is 15.7. The summed E-state index contributed by atoms with van der Waals surface area (Å²) in [6.07, 6.45) is 2.87. The van der Waals surface area contributed by atoms with E-state index < -0.39 is 5.97 Å².